The van der Waals surface area contributed by atoms with Crippen LogP contribution in [0.1, 0.15) is 19.0 Å². The summed E-state index contributed by atoms with van der Waals surface area (Å²) < 4.78 is 0. The third-order valence-electron chi connectivity index (χ3n) is 3.79. The molecule has 3 rings (SSSR count). The van der Waals surface area contributed by atoms with Gasteiger partial charge in [0.15, 0.2) is 5.82 Å². The Bertz CT molecular complexity index is 577. The van der Waals surface area contributed by atoms with Crippen LogP contribution < -0.4 is 10.2 Å². The highest BCUT2D eigenvalue weighted by atomic mass is 15.3. The molecule has 0 aliphatic carbocycles. The van der Waals surface area contributed by atoms with Crippen molar-refractivity contribution in [1.29, 1.82) is 0 Å². The second kappa shape index (κ2) is 5.13. The first kappa shape index (κ1) is 12.4. The van der Waals surface area contributed by atoms with Gasteiger partial charge in [0.2, 0.25) is 0 Å². The summed E-state index contributed by atoms with van der Waals surface area (Å²) >= 11 is 0. The van der Waals surface area contributed by atoms with Gasteiger partial charge in [0, 0.05) is 30.4 Å². The summed E-state index contributed by atoms with van der Waals surface area (Å²) in [6, 6.07) is 8.99. The monoisotopic (exact) mass is 256 g/mol. The highest BCUT2D eigenvalue weighted by Crippen LogP contribution is 2.27. The third kappa shape index (κ3) is 2.16. The summed E-state index contributed by atoms with van der Waals surface area (Å²) in [5.74, 6) is 1.04. The number of anilines is 1. The molecule has 2 aromatic rings. The summed E-state index contributed by atoms with van der Waals surface area (Å²) in [7, 11) is 0. The number of aromatic nitrogens is 2. The molecule has 4 heteroatoms. The van der Waals surface area contributed by atoms with E-state index in [-0.39, 0.29) is 0 Å². The fourth-order valence-electron chi connectivity index (χ4n) is 2.63. The number of rotatable bonds is 4. The molecule has 0 spiro atoms. The van der Waals surface area contributed by atoms with Crippen molar-refractivity contribution in [2.45, 2.75) is 26.3 Å². The molecule has 100 valence electrons. The van der Waals surface area contributed by atoms with Gasteiger partial charge in [0.1, 0.15) is 0 Å². The summed E-state index contributed by atoms with van der Waals surface area (Å²) in [6.45, 7) is 7.36. The standard InChI is InChI=1S/C15H20N4/c1-3-8-19(12-9-16-10-12)15-14-7-5-4-6-13(14)11(2)17-18-15/h4-7,12,16H,3,8-10H2,1-2H3. The molecule has 4 nitrogen and oxygen atoms in total. The molecule has 1 aromatic carbocycles. The molecule has 1 aliphatic rings. The molecule has 1 fully saturated rings. The lowest BCUT2D eigenvalue weighted by Crippen LogP contribution is -2.58. The summed E-state index contributed by atoms with van der Waals surface area (Å²) in [4.78, 5) is 2.41. The van der Waals surface area contributed by atoms with E-state index in [9.17, 15) is 0 Å². The Morgan fingerprint density at radius 3 is 2.58 bits per heavy atom. The zero-order valence-corrected chi connectivity index (χ0v) is 11.6. The van der Waals surface area contributed by atoms with Crippen LogP contribution in [-0.4, -0.2) is 35.9 Å². The predicted molar refractivity (Wildman–Crippen MR) is 78.6 cm³/mol. The van der Waals surface area contributed by atoms with E-state index < -0.39 is 0 Å². The zero-order chi connectivity index (χ0) is 13.2. The number of hydrogen-bond donors (Lipinski definition) is 1. The first-order valence-electron chi connectivity index (χ1n) is 7.00. The van der Waals surface area contributed by atoms with Crippen LogP contribution in [0, 0.1) is 6.92 Å². The average molecular weight is 256 g/mol. The Morgan fingerprint density at radius 1 is 1.21 bits per heavy atom. The Balaban J connectivity index is 2.09. The molecule has 1 N–H and O–H groups in total. The molecule has 2 heterocycles. The van der Waals surface area contributed by atoms with Gasteiger partial charge in [-0.1, -0.05) is 31.2 Å². The SMILES string of the molecule is CCCN(c1nnc(C)c2ccccc12)C1CNC1. The largest absolute Gasteiger partial charge is 0.349 e. The topological polar surface area (TPSA) is 41.1 Å². The van der Waals surface area contributed by atoms with Crippen molar-refractivity contribution in [3.8, 4) is 0 Å². The number of benzene rings is 1. The van der Waals surface area contributed by atoms with Gasteiger partial charge in [-0.15, -0.1) is 5.10 Å². The van der Waals surface area contributed by atoms with Crippen LogP contribution in [-0.2, 0) is 0 Å². The van der Waals surface area contributed by atoms with Crippen molar-refractivity contribution in [1.82, 2.24) is 15.5 Å². The smallest absolute Gasteiger partial charge is 0.159 e. The Kier molecular flexibility index (Phi) is 3.34. The molecule has 1 saturated heterocycles. The van der Waals surface area contributed by atoms with Crippen molar-refractivity contribution >= 4 is 16.6 Å². The number of nitrogens with zero attached hydrogens (tertiary/aromatic N) is 3. The van der Waals surface area contributed by atoms with E-state index in [0.29, 0.717) is 6.04 Å². The minimum atomic E-state index is 0.556. The second-order valence-electron chi connectivity index (χ2n) is 5.16. The van der Waals surface area contributed by atoms with Crippen LogP contribution in [0.3, 0.4) is 0 Å². The van der Waals surface area contributed by atoms with Crippen molar-refractivity contribution in [2.75, 3.05) is 24.5 Å². The number of hydrogen-bond acceptors (Lipinski definition) is 4. The fraction of sp³-hybridized carbons (Fsp3) is 0.467. The van der Waals surface area contributed by atoms with Crippen LogP contribution in [0.4, 0.5) is 5.82 Å². The lowest BCUT2D eigenvalue weighted by molar-refractivity contribution is 0.410. The van der Waals surface area contributed by atoms with Gasteiger partial charge in [0.05, 0.1) is 11.7 Å². The van der Waals surface area contributed by atoms with E-state index in [2.05, 4.69) is 51.6 Å². The minimum Gasteiger partial charge on any atom is -0.349 e. The van der Waals surface area contributed by atoms with E-state index in [0.717, 1.165) is 37.6 Å². The molecule has 0 radical (unpaired) electrons. The zero-order valence-electron chi connectivity index (χ0n) is 11.6. The summed E-state index contributed by atoms with van der Waals surface area (Å²) in [6.07, 6.45) is 1.13. The summed E-state index contributed by atoms with van der Waals surface area (Å²) in [5, 5.41) is 14.6. The highest BCUT2D eigenvalue weighted by Gasteiger charge is 2.26. The maximum absolute atomic E-state index is 4.48. The molecule has 19 heavy (non-hydrogen) atoms. The van der Waals surface area contributed by atoms with Crippen molar-refractivity contribution in [2.24, 2.45) is 0 Å². The Hall–Kier alpha value is -1.68. The van der Waals surface area contributed by atoms with E-state index >= 15 is 0 Å². The second-order valence-corrected chi connectivity index (χ2v) is 5.16. The van der Waals surface area contributed by atoms with Crippen LogP contribution in [0.15, 0.2) is 24.3 Å². The van der Waals surface area contributed by atoms with Crippen LogP contribution in [0.5, 0.6) is 0 Å². The maximum Gasteiger partial charge on any atom is 0.159 e. The van der Waals surface area contributed by atoms with E-state index in [4.69, 9.17) is 0 Å². The fourth-order valence-corrected chi connectivity index (χ4v) is 2.63. The molecule has 0 atom stereocenters. The van der Waals surface area contributed by atoms with Gasteiger partial charge in [-0.3, -0.25) is 0 Å². The third-order valence-corrected chi connectivity index (χ3v) is 3.79. The van der Waals surface area contributed by atoms with E-state index in [1.54, 1.807) is 0 Å². The molecular weight excluding hydrogens is 236 g/mol. The van der Waals surface area contributed by atoms with Crippen LogP contribution in [0.2, 0.25) is 0 Å². The van der Waals surface area contributed by atoms with E-state index in [1.807, 2.05) is 6.92 Å². The van der Waals surface area contributed by atoms with Gasteiger partial charge in [0.25, 0.3) is 0 Å². The number of aryl methyl sites for hydroxylation is 1. The normalized spacial score (nSPS) is 15.5. The lowest BCUT2D eigenvalue weighted by atomic mass is 10.1. The summed E-state index contributed by atoms with van der Waals surface area (Å²) in [5.41, 5.74) is 1.00. The van der Waals surface area contributed by atoms with Gasteiger partial charge in [-0.2, -0.15) is 5.10 Å². The average Bonchev–Trinajstić information content (AvgIpc) is 2.37. The van der Waals surface area contributed by atoms with E-state index in [1.165, 1.54) is 10.8 Å². The Labute approximate surface area is 113 Å². The predicted octanol–water partition coefficient (Wildman–Crippen LogP) is 2.13. The van der Waals surface area contributed by atoms with Gasteiger partial charge < -0.3 is 10.2 Å². The highest BCUT2D eigenvalue weighted by molar-refractivity contribution is 5.93. The first-order valence-corrected chi connectivity index (χ1v) is 7.00. The number of nitrogens with one attached hydrogen (secondary N) is 1. The lowest BCUT2D eigenvalue weighted by Gasteiger charge is -2.39. The quantitative estimate of drug-likeness (QED) is 0.910. The molecule has 0 amide bonds. The molecule has 0 unspecified atom stereocenters. The molecule has 1 aromatic heterocycles. The van der Waals surface area contributed by atoms with Crippen LogP contribution >= 0.6 is 0 Å². The van der Waals surface area contributed by atoms with Gasteiger partial charge in [-0.05, 0) is 13.3 Å². The Morgan fingerprint density at radius 2 is 1.95 bits per heavy atom. The van der Waals surface area contributed by atoms with Gasteiger partial charge >= 0.3 is 0 Å². The first-order chi connectivity index (χ1) is 9.31. The minimum absolute atomic E-state index is 0.556. The van der Waals surface area contributed by atoms with Crippen molar-refractivity contribution in [3.63, 3.8) is 0 Å². The van der Waals surface area contributed by atoms with Crippen molar-refractivity contribution < 1.29 is 0 Å². The van der Waals surface area contributed by atoms with Crippen LogP contribution in [0.25, 0.3) is 10.8 Å². The molecule has 1 aliphatic heterocycles. The maximum atomic E-state index is 4.48. The molecule has 0 saturated carbocycles. The van der Waals surface area contributed by atoms with Gasteiger partial charge in [-0.25, -0.2) is 0 Å². The molecular formula is C15H20N4. The number of fused-ring (bicyclic) bond motifs is 1. The molecule has 0 bridgehead atoms. The van der Waals surface area contributed by atoms with Crippen molar-refractivity contribution in [3.05, 3.63) is 30.0 Å².